The Morgan fingerprint density at radius 3 is 2.87 bits per heavy atom. The number of thiophene rings is 1. The number of benzene rings is 2. The van der Waals surface area contributed by atoms with E-state index in [1.54, 1.807) is 18.2 Å². The van der Waals surface area contributed by atoms with Gasteiger partial charge in [-0.2, -0.15) is 0 Å². The van der Waals surface area contributed by atoms with Crippen molar-refractivity contribution in [2.75, 3.05) is 19.0 Å². The molecule has 2 aromatic carbocycles. The topological polar surface area (TPSA) is 84.7 Å². The monoisotopic (exact) mass is 441 g/mol. The molecule has 0 aliphatic carbocycles. The smallest absolute Gasteiger partial charge is 0.266 e. The number of anilines is 1. The van der Waals surface area contributed by atoms with Gasteiger partial charge < -0.3 is 15.8 Å². The second kappa shape index (κ2) is 9.13. The molecule has 1 aliphatic rings. The molecule has 0 bridgehead atoms. The van der Waals surface area contributed by atoms with E-state index in [2.05, 4.69) is 10.2 Å². The number of fused-ring (bicyclic) bond motifs is 1. The van der Waals surface area contributed by atoms with Crippen LogP contribution < -0.4 is 11.1 Å². The van der Waals surface area contributed by atoms with Crippen LogP contribution in [-0.2, 0) is 22.7 Å². The summed E-state index contributed by atoms with van der Waals surface area (Å²) in [6.07, 6.45) is 1.71. The molecule has 1 unspecified atom stereocenters. The second-order valence-electron chi connectivity index (χ2n) is 7.64. The van der Waals surface area contributed by atoms with E-state index < -0.39 is 0 Å². The first-order valence-corrected chi connectivity index (χ1v) is 10.9. The summed E-state index contributed by atoms with van der Waals surface area (Å²) in [5.41, 5.74) is 7.68. The van der Waals surface area contributed by atoms with Crippen LogP contribution in [-0.4, -0.2) is 36.4 Å². The number of methoxy groups -OCH3 is 1. The summed E-state index contributed by atoms with van der Waals surface area (Å²) in [6, 6.07) is 12.1. The summed E-state index contributed by atoms with van der Waals surface area (Å²) < 4.78 is 20.3. The molecule has 1 aromatic heterocycles. The Labute approximate surface area is 183 Å². The number of carbonyl (C=O) groups excluding carboxylic acids is 2. The number of nitrogens with two attached hydrogens (primary N) is 1. The molecule has 0 radical (unpaired) electrons. The number of nitrogens with zero attached hydrogens (tertiary/aromatic N) is 1. The van der Waals surface area contributed by atoms with Crippen LogP contribution >= 0.6 is 11.3 Å². The van der Waals surface area contributed by atoms with Gasteiger partial charge in [-0.15, -0.1) is 11.3 Å². The first-order valence-electron chi connectivity index (χ1n) is 10.1. The van der Waals surface area contributed by atoms with Gasteiger partial charge in [-0.1, -0.05) is 18.2 Å². The Kier molecular flexibility index (Phi) is 6.31. The highest BCUT2D eigenvalue weighted by Gasteiger charge is 2.28. The Balaban J connectivity index is 1.56. The molecule has 2 heterocycles. The van der Waals surface area contributed by atoms with Crippen LogP contribution in [0.5, 0.6) is 0 Å². The number of halogens is 1. The zero-order valence-electron chi connectivity index (χ0n) is 17.2. The molecule has 31 heavy (non-hydrogen) atoms. The first-order chi connectivity index (χ1) is 15.0. The quantitative estimate of drug-likeness (QED) is 0.583. The molecule has 8 heteroatoms. The molecule has 4 rings (SSSR count). The second-order valence-corrected chi connectivity index (χ2v) is 8.69. The molecule has 1 aliphatic heterocycles. The maximum atomic E-state index is 14.4. The third-order valence-corrected chi connectivity index (χ3v) is 6.72. The van der Waals surface area contributed by atoms with Gasteiger partial charge in [-0.25, -0.2) is 4.39 Å². The van der Waals surface area contributed by atoms with Gasteiger partial charge in [-0.05, 0) is 49.2 Å². The molecule has 162 valence electrons. The Morgan fingerprint density at radius 2 is 2.10 bits per heavy atom. The molecule has 0 saturated carbocycles. The van der Waals surface area contributed by atoms with Crippen molar-refractivity contribution in [1.29, 1.82) is 0 Å². The molecular formula is C23H24FN3O3S. The van der Waals surface area contributed by atoms with E-state index in [0.717, 1.165) is 24.9 Å². The highest BCUT2D eigenvalue weighted by molar-refractivity contribution is 7.21. The fraction of sp³-hybridized carbons (Fsp3) is 0.304. The van der Waals surface area contributed by atoms with Crippen molar-refractivity contribution in [1.82, 2.24) is 4.90 Å². The number of likely N-dealkylation sites (tertiary alicyclic amines) is 1. The normalized spacial score (nSPS) is 16.6. The van der Waals surface area contributed by atoms with Crippen LogP contribution in [0.4, 0.5) is 10.1 Å². The number of hydrogen-bond donors (Lipinski definition) is 2. The van der Waals surface area contributed by atoms with E-state index in [9.17, 15) is 14.0 Å². The van der Waals surface area contributed by atoms with Gasteiger partial charge in [0.15, 0.2) is 0 Å². The Hall–Kier alpha value is -2.81. The minimum atomic E-state index is -0.364. The summed E-state index contributed by atoms with van der Waals surface area (Å²) in [4.78, 5) is 27.2. The summed E-state index contributed by atoms with van der Waals surface area (Å²) in [5.74, 6) is -0.970. The van der Waals surface area contributed by atoms with E-state index in [0.29, 0.717) is 32.8 Å². The number of hydrogen-bond acceptors (Lipinski definition) is 5. The SMILES string of the molecule is COCc1c(C(=O)Nc2cccc(CN3CCCC3C(N)=O)c2)sc2cccc(F)c12. The summed E-state index contributed by atoms with van der Waals surface area (Å²) in [5, 5.41) is 3.35. The van der Waals surface area contributed by atoms with E-state index in [1.165, 1.54) is 24.5 Å². The van der Waals surface area contributed by atoms with E-state index in [4.69, 9.17) is 10.5 Å². The molecule has 2 amide bonds. The predicted molar refractivity (Wildman–Crippen MR) is 120 cm³/mol. The maximum absolute atomic E-state index is 14.4. The molecule has 6 nitrogen and oxygen atoms in total. The molecule has 0 spiro atoms. The molecular weight excluding hydrogens is 417 g/mol. The van der Waals surface area contributed by atoms with Crippen LogP contribution in [0.2, 0.25) is 0 Å². The van der Waals surface area contributed by atoms with Crippen molar-refractivity contribution in [3.8, 4) is 0 Å². The number of nitrogens with one attached hydrogen (secondary N) is 1. The average molecular weight is 442 g/mol. The summed E-state index contributed by atoms with van der Waals surface area (Å²) in [6.45, 7) is 1.55. The Morgan fingerprint density at radius 1 is 1.29 bits per heavy atom. The third kappa shape index (κ3) is 4.46. The van der Waals surface area contributed by atoms with E-state index >= 15 is 0 Å². The number of rotatable bonds is 7. The molecule has 3 N–H and O–H groups in total. The zero-order valence-corrected chi connectivity index (χ0v) is 18.0. The number of primary amides is 1. The first kappa shape index (κ1) is 21.4. The van der Waals surface area contributed by atoms with Crippen molar-refractivity contribution in [2.45, 2.75) is 32.0 Å². The van der Waals surface area contributed by atoms with E-state index in [-0.39, 0.29) is 30.3 Å². The number of carbonyl (C=O) groups is 2. The van der Waals surface area contributed by atoms with Gasteiger partial charge in [-0.3, -0.25) is 14.5 Å². The summed E-state index contributed by atoms with van der Waals surface area (Å²) in [7, 11) is 1.52. The van der Waals surface area contributed by atoms with Crippen molar-refractivity contribution >= 4 is 38.9 Å². The highest BCUT2D eigenvalue weighted by Crippen LogP contribution is 2.34. The molecule has 1 saturated heterocycles. The van der Waals surface area contributed by atoms with Crippen LogP contribution in [0.15, 0.2) is 42.5 Å². The molecule has 3 aromatic rings. The molecule has 1 atom stereocenters. The number of amides is 2. The van der Waals surface area contributed by atoms with Gasteiger partial charge in [0.25, 0.3) is 5.91 Å². The lowest BCUT2D eigenvalue weighted by Gasteiger charge is -2.22. The van der Waals surface area contributed by atoms with Crippen molar-refractivity contribution < 1.29 is 18.7 Å². The largest absolute Gasteiger partial charge is 0.380 e. The van der Waals surface area contributed by atoms with Crippen molar-refractivity contribution in [2.24, 2.45) is 5.73 Å². The lowest BCUT2D eigenvalue weighted by molar-refractivity contribution is -0.122. The van der Waals surface area contributed by atoms with Crippen LogP contribution in [0.3, 0.4) is 0 Å². The van der Waals surface area contributed by atoms with Crippen LogP contribution in [0.25, 0.3) is 10.1 Å². The third-order valence-electron chi connectivity index (χ3n) is 5.52. The van der Waals surface area contributed by atoms with Crippen LogP contribution in [0.1, 0.15) is 33.6 Å². The van der Waals surface area contributed by atoms with Crippen molar-refractivity contribution in [3.63, 3.8) is 0 Å². The summed E-state index contributed by atoms with van der Waals surface area (Å²) >= 11 is 1.25. The standard InChI is InChI=1S/C23H24FN3O3S/c1-30-13-16-20-17(24)7-3-9-19(20)31-21(16)23(29)26-15-6-2-5-14(11-15)12-27-10-4-8-18(27)22(25)28/h2-3,5-7,9,11,18H,4,8,10,12-13H2,1H3,(H2,25,28)(H,26,29). The Bertz CT molecular complexity index is 1130. The van der Waals surface area contributed by atoms with Crippen LogP contribution in [0, 0.1) is 5.82 Å². The van der Waals surface area contributed by atoms with Gasteiger partial charge in [0.05, 0.1) is 17.5 Å². The van der Waals surface area contributed by atoms with Crippen molar-refractivity contribution in [3.05, 3.63) is 64.3 Å². The molecule has 1 fully saturated rings. The predicted octanol–water partition coefficient (Wildman–Crippen LogP) is 3.89. The number of ether oxygens (including phenoxy) is 1. The zero-order chi connectivity index (χ0) is 22.0. The maximum Gasteiger partial charge on any atom is 0.266 e. The lowest BCUT2D eigenvalue weighted by Crippen LogP contribution is -2.39. The minimum Gasteiger partial charge on any atom is -0.380 e. The highest BCUT2D eigenvalue weighted by atomic mass is 32.1. The van der Waals surface area contributed by atoms with Gasteiger partial charge in [0.1, 0.15) is 5.82 Å². The van der Waals surface area contributed by atoms with E-state index in [1.807, 2.05) is 18.2 Å². The fourth-order valence-electron chi connectivity index (χ4n) is 4.14. The fourth-order valence-corrected chi connectivity index (χ4v) is 5.26. The van der Waals surface area contributed by atoms with Gasteiger partial charge in [0.2, 0.25) is 5.91 Å². The average Bonchev–Trinajstić information content (AvgIpc) is 3.34. The lowest BCUT2D eigenvalue weighted by atomic mass is 10.1. The van der Waals surface area contributed by atoms with Gasteiger partial charge >= 0.3 is 0 Å². The van der Waals surface area contributed by atoms with Gasteiger partial charge in [0, 0.05) is 35.0 Å². The minimum absolute atomic E-state index is 0.146.